The Morgan fingerprint density at radius 2 is 2.00 bits per heavy atom. The van der Waals surface area contributed by atoms with Crippen LogP contribution in [0.25, 0.3) is 0 Å². The zero-order valence-corrected chi connectivity index (χ0v) is 12.9. The predicted octanol–water partition coefficient (Wildman–Crippen LogP) is 5.17. The third kappa shape index (κ3) is 2.85. The molecule has 5 heteroatoms. The van der Waals surface area contributed by atoms with Crippen molar-refractivity contribution in [2.75, 3.05) is 0 Å². The molecule has 0 bridgehead atoms. The van der Waals surface area contributed by atoms with Crippen LogP contribution in [0.4, 0.5) is 0 Å². The van der Waals surface area contributed by atoms with E-state index in [1.165, 1.54) is 16.9 Å². The van der Waals surface area contributed by atoms with Gasteiger partial charge in [0.2, 0.25) is 0 Å². The Bertz CT molecular complexity index is 553. The van der Waals surface area contributed by atoms with E-state index in [0.29, 0.717) is 8.67 Å². The highest BCUT2D eigenvalue weighted by atomic mass is 79.9. The summed E-state index contributed by atoms with van der Waals surface area (Å²) in [7, 11) is 0. The van der Waals surface area contributed by atoms with E-state index in [2.05, 4.69) is 15.9 Å². The van der Waals surface area contributed by atoms with Crippen molar-refractivity contribution in [1.29, 1.82) is 0 Å². The Labute approximate surface area is 123 Å². The third-order valence-electron chi connectivity index (χ3n) is 2.57. The van der Waals surface area contributed by atoms with Crippen LogP contribution < -0.4 is 5.73 Å². The highest BCUT2D eigenvalue weighted by Crippen LogP contribution is 2.37. The molecule has 0 spiro atoms. The lowest BCUT2D eigenvalue weighted by Crippen LogP contribution is -2.11. The maximum Gasteiger partial charge on any atom is 0.0995 e. The maximum atomic E-state index is 6.19. The SMILES string of the molecule is Cc1ccc(C(N)c2cc(Cl)sc2Cl)cc1Br. The first-order valence-corrected chi connectivity index (χ1v) is 7.32. The van der Waals surface area contributed by atoms with E-state index in [0.717, 1.165) is 15.6 Å². The van der Waals surface area contributed by atoms with Gasteiger partial charge in [-0.15, -0.1) is 11.3 Å². The molecule has 17 heavy (non-hydrogen) atoms. The molecule has 0 amide bonds. The summed E-state index contributed by atoms with van der Waals surface area (Å²) in [6, 6.07) is 7.63. The van der Waals surface area contributed by atoms with Gasteiger partial charge in [-0.2, -0.15) is 0 Å². The van der Waals surface area contributed by atoms with Crippen LogP contribution in [0.2, 0.25) is 8.67 Å². The largest absolute Gasteiger partial charge is 0.320 e. The van der Waals surface area contributed by atoms with Gasteiger partial charge in [0.25, 0.3) is 0 Å². The van der Waals surface area contributed by atoms with Gasteiger partial charge in [-0.25, -0.2) is 0 Å². The molecule has 0 aliphatic carbocycles. The molecule has 1 unspecified atom stereocenters. The van der Waals surface area contributed by atoms with Crippen LogP contribution in [0.3, 0.4) is 0 Å². The lowest BCUT2D eigenvalue weighted by atomic mass is 10.0. The van der Waals surface area contributed by atoms with E-state index in [4.69, 9.17) is 28.9 Å². The molecule has 1 heterocycles. The molecular formula is C12H10BrCl2NS. The summed E-state index contributed by atoms with van der Waals surface area (Å²) in [5.41, 5.74) is 9.25. The molecule has 1 aromatic heterocycles. The number of nitrogens with two attached hydrogens (primary N) is 1. The number of thiophene rings is 1. The molecule has 0 aliphatic rings. The number of halogens is 3. The lowest BCUT2D eigenvalue weighted by Gasteiger charge is -2.12. The standard InChI is InChI=1S/C12H10BrCl2NS/c1-6-2-3-7(4-9(6)13)11(16)8-5-10(14)17-12(8)15/h2-5,11H,16H2,1H3. The van der Waals surface area contributed by atoms with Gasteiger partial charge in [0.1, 0.15) is 0 Å². The fraction of sp³-hybridized carbons (Fsp3) is 0.167. The van der Waals surface area contributed by atoms with E-state index < -0.39 is 0 Å². The minimum Gasteiger partial charge on any atom is -0.320 e. The van der Waals surface area contributed by atoms with Crippen molar-refractivity contribution in [2.24, 2.45) is 5.73 Å². The molecule has 0 saturated carbocycles. The zero-order chi connectivity index (χ0) is 12.6. The first kappa shape index (κ1) is 13.4. The van der Waals surface area contributed by atoms with Gasteiger partial charge in [0, 0.05) is 10.0 Å². The normalized spacial score (nSPS) is 12.8. The van der Waals surface area contributed by atoms with Crippen molar-refractivity contribution >= 4 is 50.5 Å². The first-order valence-electron chi connectivity index (χ1n) is 4.95. The molecular weight excluding hydrogens is 341 g/mol. The molecule has 0 aliphatic heterocycles. The van der Waals surface area contributed by atoms with Crippen LogP contribution in [-0.4, -0.2) is 0 Å². The molecule has 2 rings (SSSR count). The van der Waals surface area contributed by atoms with Crippen LogP contribution in [-0.2, 0) is 0 Å². The molecule has 1 aromatic carbocycles. The van der Waals surface area contributed by atoms with Crippen molar-refractivity contribution in [2.45, 2.75) is 13.0 Å². The van der Waals surface area contributed by atoms with Gasteiger partial charge in [-0.1, -0.05) is 51.3 Å². The molecule has 0 saturated heterocycles. The van der Waals surface area contributed by atoms with Crippen LogP contribution >= 0.6 is 50.5 Å². The second-order valence-corrected chi connectivity index (χ2v) is 6.91. The van der Waals surface area contributed by atoms with Gasteiger partial charge < -0.3 is 5.73 Å². The van der Waals surface area contributed by atoms with Crippen molar-refractivity contribution < 1.29 is 0 Å². The summed E-state index contributed by atoms with van der Waals surface area (Å²) in [6.07, 6.45) is 0. The Morgan fingerprint density at radius 3 is 2.53 bits per heavy atom. The van der Waals surface area contributed by atoms with Crippen molar-refractivity contribution in [3.05, 3.63) is 54.1 Å². The topological polar surface area (TPSA) is 26.0 Å². The summed E-state index contributed by atoms with van der Waals surface area (Å²) in [5, 5.41) is 0. The Hall–Kier alpha value is -0.0600. The number of hydrogen-bond acceptors (Lipinski definition) is 2. The number of hydrogen-bond donors (Lipinski definition) is 1. The summed E-state index contributed by atoms with van der Waals surface area (Å²) < 4.78 is 2.36. The van der Waals surface area contributed by atoms with Gasteiger partial charge >= 0.3 is 0 Å². The monoisotopic (exact) mass is 349 g/mol. The molecule has 2 N–H and O–H groups in total. The van der Waals surface area contributed by atoms with Crippen molar-refractivity contribution in [3.63, 3.8) is 0 Å². The number of aryl methyl sites for hydroxylation is 1. The Morgan fingerprint density at radius 1 is 1.29 bits per heavy atom. The van der Waals surface area contributed by atoms with E-state index >= 15 is 0 Å². The lowest BCUT2D eigenvalue weighted by molar-refractivity contribution is 0.875. The highest BCUT2D eigenvalue weighted by Gasteiger charge is 2.16. The van der Waals surface area contributed by atoms with Gasteiger partial charge in [-0.05, 0) is 30.2 Å². The number of rotatable bonds is 2. The highest BCUT2D eigenvalue weighted by molar-refractivity contribution is 9.10. The van der Waals surface area contributed by atoms with E-state index in [1.807, 2.05) is 31.2 Å². The fourth-order valence-corrected chi connectivity index (χ4v) is 3.49. The second-order valence-electron chi connectivity index (χ2n) is 3.77. The average molecular weight is 351 g/mol. The minimum absolute atomic E-state index is 0.247. The summed E-state index contributed by atoms with van der Waals surface area (Å²) in [5.74, 6) is 0. The summed E-state index contributed by atoms with van der Waals surface area (Å²) >= 11 is 16.9. The minimum atomic E-state index is -0.247. The maximum absolute atomic E-state index is 6.19. The smallest absolute Gasteiger partial charge is 0.0995 e. The average Bonchev–Trinajstić information content (AvgIpc) is 2.61. The summed E-state index contributed by atoms with van der Waals surface area (Å²) in [6.45, 7) is 2.04. The van der Waals surface area contributed by atoms with E-state index in [-0.39, 0.29) is 6.04 Å². The molecule has 0 fully saturated rings. The fourth-order valence-electron chi connectivity index (χ4n) is 1.55. The quantitative estimate of drug-likeness (QED) is 0.793. The Balaban J connectivity index is 2.40. The molecule has 2 aromatic rings. The number of benzene rings is 1. The molecule has 0 radical (unpaired) electrons. The third-order valence-corrected chi connectivity index (χ3v) is 4.95. The summed E-state index contributed by atoms with van der Waals surface area (Å²) in [4.78, 5) is 0. The van der Waals surface area contributed by atoms with Gasteiger partial charge in [-0.3, -0.25) is 0 Å². The predicted molar refractivity (Wildman–Crippen MR) is 79.2 cm³/mol. The van der Waals surface area contributed by atoms with Crippen LogP contribution in [0, 0.1) is 6.92 Å². The van der Waals surface area contributed by atoms with E-state index in [9.17, 15) is 0 Å². The van der Waals surface area contributed by atoms with Crippen LogP contribution in [0.15, 0.2) is 28.7 Å². The van der Waals surface area contributed by atoms with Crippen LogP contribution in [0.5, 0.6) is 0 Å². The van der Waals surface area contributed by atoms with E-state index in [1.54, 1.807) is 0 Å². The Kier molecular flexibility index (Phi) is 4.16. The van der Waals surface area contributed by atoms with Gasteiger partial charge in [0.05, 0.1) is 14.7 Å². The van der Waals surface area contributed by atoms with Gasteiger partial charge in [0.15, 0.2) is 0 Å². The molecule has 1 atom stereocenters. The second kappa shape index (κ2) is 5.29. The zero-order valence-electron chi connectivity index (χ0n) is 9.01. The molecule has 90 valence electrons. The van der Waals surface area contributed by atoms with Crippen molar-refractivity contribution in [1.82, 2.24) is 0 Å². The van der Waals surface area contributed by atoms with Crippen LogP contribution in [0.1, 0.15) is 22.7 Å². The first-order chi connectivity index (χ1) is 7.99. The molecule has 1 nitrogen and oxygen atoms in total. The van der Waals surface area contributed by atoms with Crippen molar-refractivity contribution in [3.8, 4) is 0 Å².